The van der Waals surface area contributed by atoms with Crippen LogP contribution in [0.15, 0.2) is 51.6 Å². The average Bonchev–Trinajstić information content (AvgIpc) is 3.08. The molecular formula is C15H12BrN3O2. The molecule has 0 unspecified atom stereocenters. The van der Waals surface area contributed by atoms with Gasteiger partial charge in [-0.1, -0.05) is 12.1 Å². The van der Waals surface area contributed by atoms with Crippen molar-refractivity contribution in [2.75, 3.05) is 5.32 Å². The van der Waals surface area contributed by atoms with Gasteiger partial charge in [-0.2, -0.15) is 5.10 Å². The molecule has 1 aromatic carbocycles. The summed E-state index contributed by atoms with van der Waals surface area (Å²) < 4.78 is 5.73. The van der Waals surface area contributed by atoms with Gasteiger partial charge in [0.2, 0.25) is 0 Å². The van der Waals surface area contributed by atoms with Crippen LogP contribution in [0.1, 0.15) is 16.2 Å². The van der Waals surface area contributed by atoms with Crippen LogP contribution in [-0.2, 0) is 0 Å². The number of aromatic nitrogens is 2. The Hall–Kier alpha value is -2.34. The fraction of sp³-hybridized carbons (Fsp3) is 0.0667. The summed E-state index contributed by atoms with van der Waals surface area (Å²) in [5, 5.41) is 9.87. The molecule has 2 N–H and O–H groups in total. The van der Waals surface area contributed by atoms with Crippen LogP contribution < -0.4 is 5.32 Å². The highest BCUT2D eigenvalue weighted by atomic mass is 79.9. The number of halogens is 1. The van der Waals surface area contributed by atoms with E-state index in [1.165, 1.54) is 0 Å². The molecule has 0 bridgehead atoms. The Bertz CT molecular complexity index is 774. The number of carbonyl (C=O) groups is 1. The zero-order valence-electron chi connectivity index (χ0n) is 11.2. The van der Waals surface area contributed by atoms with Crippen molar-refractivity contribution in [3.63, 3.8) is 0 Å². The summed E-state index contributed by atoms with van der Waals surface area (Å²) >= 11 is 3.17. The van der Waals surface area contributed by atoms with Crippen molar-refractivity contribution in [2.45, 2.75) is 6.92 Å². The second kappa shape index (κ2) is 5.57. The number of carbonyl (C=O) groups excluding carboxylic acids is 1. The van der Waals surface area contributed by atoms with Gasteiger partial charge < -0.3 is 9.73 Å². The third kappa shape index (κ3) is 3.05. The van der Waals surface area contributed by atoms with E-state index in [0.717, 1.165) is 17.0 Å². The molecule has 21 heavy (non-hydrogen) atoms. The lowest BCUT2D eigenvalue weighted by Crippen LogP contribution is -2.10. The molecule has 3 aromatic rings. The van der Waals surface area contributed by atoms with Crippen LogP contribution in [0.5, 0.6) is 0 Å². The largest absolute Gasteiger partial charge is 0.444 e. The maximum Gasteiger partial charge on any atom is 0.291 e. The summed E-state index contributed by atoms with van der Waals surface area (Å²) in [6, 6.07) is 12.7. The fourth-order valence-corrected chi connectivity index (χ4v) is 2.23. The van der Waals surface area contributed by atoms with Crippen molar-refractivity contribution in [3.8, 4) is 11.3 Å². The zero-order chi connectivity index (χ0) is 14.8. The number of H-pyrrole nitrogens is 1. The number of nitrogens with one attached hydrogen (secondary N) is 2. The summed E-state index contributed by atoms with van der Waals surface area (Å²) in [6.45, 7) is 1.95. The van der Waals surface area contributed by atoms with Gasteiger partial charge >= 0.3 is 0 Å². The van der Waals surface area contributed by atoms with E-state index in [-0.39, 0.29) is 11.7 Å². The Balaban J connectivity index is 1.74. The summed E-state index contributed by atoms with van der Waals surface area (Å²) in [5.74, 6) is -0.0297. The minimum Gasteiger partial charge on any atom is -0.444 e. The van der Waals surface area contributed by atoms with Gasteiger partial charge in [-0.05, 0) is 53.2 Å². The van der Waals surface area contributed by atoms with Gasteiger partial charge in [0.05, 0.1) is 5.69 Å². The second-order valence-corrected chi connectivity index (χ2v) is 5.35. The Labute approximate surface area is 129 Å². The topological polar surface area (TPSA) is 70.9 Å². The first-order valence-corrected chi connectivity index (χ1v) is 7.10. The van der Waals surface area contributed by atoms with Crippen molar-refractivity contribution in [1.29, 1.82) is 0 Å². The van der Waals surface area contributed by atoms with Crippen LogP contribution in [0, 0.1) is 6.92 Å². The maximum atomic E-state index is 11.9. The lowest BCUT2D eigenvalue weighted by atomic mass is 10.1. The second-order valence-electron chi connectivity index (χ2n) is 4.57. The third-order valence-electron chi connectivity index (χ3n) is 2.94. The Morgan fingerprint density at radius 1 is 1.24 bits per heavy atom. The van der Waals surface area contributed by atoms with E-state index in [9.17, 15) is 4.79 Å². The van der Waals surface area contributed by atoms with Gasteiger partial charge in [0.15, 0.2) is 10.4 Å². The minimum atomic E-state index is -0.288. The van der Waals surface area contributed by atoms with Crippen LogP contribution in [-0.4, -0.2) is 16.1 Å². The molecule has 0 aliphatic rings. The highest BCUT2D eigenvalue weighted by Crippen LogP contribution is 2.21. The lowest BCUT2D eigenvalue weighted by molar-refractivity contribution is 0.0995. The molecule has 106 valence electrons. The van der Waals surface area contributed by atoms with E-state index in [0.29, 0.717) is 10.4 Å². The fourth-order valence-electron chi connectivity index (χ4n) is 1.92. The Morgan fingerprint density at radius 3 is 2.57 bits per heavy atom. The van der Waals surface area contributed by atoms with Crippen LogP contribution in [0.3, 0.4) is 0 Å². The van der Waals surface area contributed by atoms with Crippen LogP contribution in [0.25, 0.3) is 11.3 Å². The predicted molar refractivity (Wildman–Crippen MR) is 83.1 cm³/mol. The number of benzene rings is 1. The van der Waals surface area contributed by atoms with Gasteiger partial charge in [0.1, 0.15) is 0 Å². The molecule has 0 aliphatic carbocycles. The molecule has 2 heterocycles. The predicted octanol–water partition coefficient (Wildman–Crippen LogP) is 3.99. The molecule has 0 atom stereocenters. The molecule has 5 nitrogen and oxygen atoms in total. The van der Waals surface area contributed by atoms with Crippen LogP contribution in [0.4, 0.5) is 5.69 Å². The van der Waals surface area contributed by atoms with Crippen molar-refractivity contribution in [2.24, 2.45) is 0 Å². The van der Waals surface area contributed by atoms with E-state index < -0.39 is 0 Å². The number of amides is 1. The minimum absolute atomic E-state index is 0.258. The first-order chi connectivity index (χ1) is 10.1. The van der Waals surface area contributed by atoms with Crippen molar-refractivity contribution in [3.05, 3.63) is 58.6 Å². The van der Waals surface area contributed by atoms with Gasteiger partial charge in [-0.3, -0.25) is 9.89 Å². The monoisotopic (exact) mass is 345 g/mol. The number of hydrogen-bond acceptors (Lipinski definition) is 3. The lowest BCUT2D eigenvalue weighted by Gasteiger charge is -2.04. The van der Waals surface area contributed by atoms with E-state index in [1.807, 2.05) is 37.3 Å². The number of furan rings is 1. The zero-order valence-corrected chi connectivity index (χ0v) is 12.8. The number of aryl methyl sites for hydroxylation is 1. The van der Waals surface area contributed by atoms with Crippen LogP contribution >= 0.6 is 15.9 Å². The maximum absolute atomic E-state index is 11.9. The Morgan fingerprint density at radius 2 is 2.00 bits per heavy atom. The molecule has 1 amide bonds. The molecule has 0 spiro atoms. The van der Waals surface area contributed by atoms with E-state index in [1.54, 1.807) is 12.1 Å². The van der Waals surface area contributed by atoms with Gasteiger partial charge in [-0.15, -0.1) is 0 Å². The third-order valence-corrected chi connectivity index (χ3v) is 3.37. The molecule has 0 radical (unpaired) electrons. The molecule has 0 saturated heterocycles. The first kappa shape index (κ1) is 13.6. The van der Waals surface area contributed by atoms with Crippen molar-refractivity contribution in [1.82, 2.24) is 10.2 Å². The smallest absolute Gasteiger partial charge is 0.291 e. The number of hydrogen-bond donors (Lipinski definition) is 2. The normalized spacial score (nSPS) is 10.6. The summed E-state index contributed by atoms with van der Waals surface area (Å²) in [4.78, 5) is 11.9. The van der Waals surface area contributed by atoms with Crippen molar-refractivity contribution >= 4 is 27.5 Å². The Kier molecular flexibility index (Phi) is 3.62. The van der Waals surface area contributed by atoms with Gasteiger partial charge in [-0.25, -0.2) is 0 Å². The molecule has 2 aromatic heterocycles. The molecule has 0 aliphatic heterocycles. The summed E-state index contributed by atoms with van der Waals surface area (Å²) in [7, 11) is 0. The highest BCUT2D eigenvalue weighted by molar-refractivity contribution is 9.10. The number of rotatable bonds is 3. The average molecular weight is 346 g/mol. The summed E-state index contributed by atoms with van der Waals surface area (Å²) in [5.41, 5.74) is 3.56. The molecule has 6 heteroatoms. The molecule has 0 fully saturated rings. The van der Waals surface area contributed by atoms with E-state index in [2.05, 4.69) is 31.4 Å². The number of anilines is 1. The van der Waals surface area contributed by atoms with E-state index in [4.69, 9.17) is 4.42 Å². The highest BCUT2D eigenvalue weighted by Gasteiger charge is 2.10. The quantitative estimate of drug-likeness (QED) is 0.753. The van der Waals surface area contributed by atoms with E-state index >= 15 is 0 Å². The van der Waals surface area contributed by atoms with Gasteiger partial charge in [0, 0.05) is 16.9 Å². The first-order valence-electron chi connectivity index (χ1n) is 6.31. The van der Waals surface area contributed by atoms with Crippen LogP contribution in [0.2, 0.25) is 0 Å². The SMILES string of the molecule is Cc1cc(-c2ccc(NC(=O)c3ccc(Br)o3)cc2)n[nH]1. The summed E-state index contributed by atoms with van der Waals surface area (Å²) in [6.07, 6.45) is 0. The standard InChI is InChI=1S/C15H12BrN3O2/c1-9-8-12(19-18-9)10-2-4-11(5-3-10)17-15(20)13-6-7-14(16)21-13/h2-8H,1H3,(H,17,20)(H,18,19). The van der Waals surface area contributed by atoms with Gasteiger partial charge in [0.25, 0.3) is 5.91 Å². The molecule has 3 rings (SSSR count). The molecule has 0 saturated carbocycles. The molecular weight excluding hydrogens is 334 g/mol. The number of nitrogens with zero attached hydrogens (tertiary/aromatic N) is 1. The van der Waals surface area contributed by atoms with Crippen molar-refractivity contribution < 1.29 is 9.21 Å². The number of aromatic amines is 1.